The highest BCUT2D eigenvalue weighted by Gasteiger charge is 2.33. The molecule has 110 valence electrons. The Balaban J connectivity index is 1.81. The Kier molecular flexibility index (Phi) is 4.92. The van der Waals surface area contributed by atoms with Crippen LogP contribution in [0.4, 0.5) is 0 Å². The summed E-state index contributed by atoms with van der Waals surface area (Å²) < 4.78 is 5.79. The number of esters is 1. The van der Waals surface area contributed by atoms with Crippen LogP contribution in [-0.4, -0.2) is 12.1 Å². The van der Waals surface area contributed by atoms with Gasteiger partial charge in [0.1, 0.15) is 6.10 Å². The first-order chi connectivity index (χ1) is 8.97. The van der Waals surface area contributed by atoms with Crippen LogP contribution in [-0.2, 0) is 9.53 Å². The van der Waals surface area contributed by atoms with Gasteiger partial charge in [0.05, 0.1) is 5.92 Å². The molecule has 6 atom stereocenters. The number of carbonyl (C=O) groups is 1. The van der Waals surface area contributed by atoms with E-state index in [4.69, 9.17) is 4.74 Å². The van der Waals surface area contributed by atoms with E-state index in [9.17, 15) is 4.79 Å². The molecule has 2 rings (SSSR count). The van der Waals surface area contributed by atoms with E-state index in [0.29, 0.717) is 11.8 Å². The summed E-state index contributed by atoms with van der Waals surface area (Å²) in [7, 11) is 0. The standard InChI is InChI=1S/C17H30O2/c1-11-5-7-15(9-13(11)3)17(18)19-16-8-6-12(2)14(4)10-16/h11-16H,5-10H2,1-4H3. The first-order valence-corrected chi connectivity index (χ1v) is 8.17. The second-order valence-corrected chi connectivity index (χ2v) is 7.29. The van der Waals surface area contributed by atoms with Crippen LogP contribution in [0.15, 0.2) is 0 Å². The molecular formula is C17H30O2. The molecule has 0 aromatic carbocycles. The van der Waals surface area contributed by atoms with Crippen LogP contribution < -0.4 is 0 Å². The summed E-state index contributed by atoms with van der Waals surface area (Å²) in [5.74, 6) is 3.16. The van der Waals surface area contributed by atoms with Crippen LogP contribution in [0, 0.1) is 29.6 Å². The predicted molar refractivity (Wildman–Crippen MR) is 77.7 cm³/mol. The van der Waals surface area contributed by atoms with Crippen molar-refractivity contribution in [2.75, 3.05) is 0 Å². The van der Waals surface area contributed by atoms with Gasteiger partial charge in [0, 0.05) is 0 Å². The third-order valence-corrected chi connectivity index (χ3v) is 5.76. The molecule has 0 radical (unpaired) electrons. The van der Waals surface area contributed by atoms with Gasteiger partial charge in [0.25, 0.3) is 0 Å². The minimum atomic E-state index is 0.0884. The molecule has 2 saturated carbocycles. The molecule has 2 fully saturated rings. The summed E-state index contributed by atoms with van der Waals surface area (Å²) in [6.07, 6.45) is 6.76. The molecule has 6 unspecified atom stereocenters. The topological polar surface area (TPSA) is 26.3 Å². The minimum absolute atomic E-state index is 0.0884. The zero-order chi connectivity index (χ0) is 14.0. The molecule has 0 amide bonds. The molecule has 0 aliphatic heterocycles. The van der Waals surface area contributed by atoms with Crippen molar-refractivity contribution in [1.29, 1.82) is 0 Å². The summed E-state index contributed by atoms with van der Waals surface area (Å²) in [4.78, 5) is 12.3. The van der Waals surface area contributed by atoms with Gasteiger partial charge in [-0.2, -0.15) is 0 Å². The van der Waals surface area contributed by atoms with E-state index in [2.05, 4.69) is 27.7 Å². The van der Waals surface area contributed by atoms with Crippen molar-refractivity contribution < 1.29 is 9.53 Å². The number of carbonyl (C=O) groups excluding carboxylic acids is 1. The first-order valence-electron chi connectivity index (χ1n) is 8.17. The lowest BCUT2D eigenvalue weighted by Crippen LogP contribution is -2.33. The zero-order valence-corrected chi connectivity index (χ0v) is 13.0. The van der Waals surface area contributed by atoms with Gasteiger partial charge in [0.2, 0.25) is 0 Å². The molecule has 2 aliphatic carbocycles. The van der Waals surface area contributed by atoms with Crippen LogP contribution in [0.1, 0.15) is 66.2 Å². The monoisotopic (exact) mass is 266 g/mol. The summed E-state index contributed by atoms with van der Waals surface area (Å²) in [5, 5.41) is 0. The maximum atomic E-state index is 12.3. The minimum Gasteiger partial charge on any atom is -0.462 e. The van der Waals surface area contributed by atoms with Gasteiger partial charge in [-0.1, -0.05) is 27.7 Å². The van der Waals surface area contributed by atoms with Crippen molar-refractivity contribution in [3.8, 4) is 0 Å². The van der Waals surface area contributed by atoms with Gasteiger partial charge in [-0.3, -0.25) is 4.79 Å². The molecule has 0 N–H and O–H groups in total. The fourth-order valence-electron chi connectivity index (χ4n) is 3.63. The highest BCUT2D eigenvalue weighted by molar-refractivity contribution is 5.72. The molecule has 0 spiro atoms. The Morgan fingerprint density at radius 3 is 1.95 bits per heavy atom. The normalized spacial score (nSPS) is 43.8. The Morgan fingerprint density at radius 1 is 0.789 bits per heavy atom. The Hall–Kier alpha value is -0.530. The van der Waals surface area contributed by atoms with Crippen LogP contribution in [0.5, 0.6) is 0 Å². The van der Waals surface area contributed by atoms with Gasteiger partial charge >= 0.3 is 5.97 Å². The maximum absolute atomic E-state index is 12.3. The quantitative estimate of drug-likeness (QED) is 0.691. The summed E-state index contributed by atoms with van der Waals surface area (Å²) in [5.41, 5.74) is 0. The molecule has 0 saturated heterocycles. The van der Waals surface area contributed by atoms with Crippen molar-refractivity contribution in [3.63, 3.8) is 0 Å². The largest absolute Gasteiger partial charge is 0.462 e. The lowest BCUT2D eigenvalue weighted by Gasteiger charge is -2.34. The smallest absolute Gasteiger partial charge is 0.309 e. The highest BCUT2D eigenvalue weighted by atomic mass is 16.5. The van der Waals surface area contributed by atoms with Crippen molar-refractivity contribution in [2.45, 2.75) is 72.3 Å². The summed E-state index contributed by atoms with van der Waals surface area (Å²) >= 11 is 0. The Bertz CT molecular complexity index is 312. The fourth-order valence-corrected chi connectivity index (χ4v) is 3.63. The van der Waals surface area contributed by atoms with Crippen LogP contribution in [0.3, 0.4) is 0 Å². The van der Waals surface area contributed by atoms with E-state index < -0.39 is 0 Å². The lowest BCUT2D eigenvalue weighted by molar-refractivity contribution is -0.159. The van der Waals surface area contributed by atoms with Gasteiger partial charge in [-0.25, -0.2) is 0 Å². The van der Waals surface area contributed by atoms with E-state index in [1.165, 1.54) is 12.8 Å². The van der Waals surface area contributed by atoms with E-state index in [1.807, 2.05) is 0 Å². The molecular weight excluding hydrogens is 236 g/mol. The lowest BCUT2D eigenvalue weighted by atomic mass is 9.76. The van der Waals surface area contributed by atoms with Crippen molar-refractivity contribution in [1.82, 2.24) is 0 Å². The SMILES string of the molecule is CC1CCC(OC(=O)C2CCC(C)C(C)C2)CC1C. The third-order valence-electron chi connectivity index (χ3n) is 5.76. The average molecular weight is 266 g/mol. The van der Waals surface area contributed by atoms with Gasteiger partial charge in [0.15, 0.2) is 0 Å². The molecule has 19 heavy (non-hydrogen) atoms. The van der Waals surface area contributed by atoms with Gasteiger partial charge in [-0.15, -0.1) is 0 Å². The van der Waals surface area contributed by atoms with Crippen LogP contribution in [0.25, 0.3) is 0 Å². The molecule has 0 aromatic heterocycles. The van der Waals surface area contributed by atoms with Crippen LogP contribution >= 0.6 is 0 Å². The van der Waals surface area contributed by atoms with Crippen molar-refractivity contribution in [3.05, 3.63) is 0 Å². The van der Waals surface area contributed by atoms with Crippen molar-refractivity contribution in [2.24, 2.45) is 29.6 Å². The number of hydrogen-bond donors (Lipinski definition) is 0. The van der Waals surface area contributed by atoms with Crippen molar-refractivity contribution >= 4 is 5.97 Å². The van der Waals surface area contributed by atoms with E-state index >= 15 is 0 Å². The molecule has 0 heterocycles. The number of rotatable bonds is 2. The Labute approximate surface area is 118 Å². The van der Waals surface area contributed by atoms with Crippen LogP contribution in [0.2, 0.25) is 0 Å². The number of hydrogen-bond acceptors (Lipinski definition) is 2. The molecule has 0 aromatic rings. The summed E-state index contributed by atoms with van der Waals surface area (Å²) in [6.45, 7) is 9.17. The second kappa shape index (κ2) is 6.28. The zero-order valence-electron chi connectivity index (χ0n) is 13.0. The first kappa shape index (κ1) is 14.9. The van der Waals surface area contributed by atoms with E-state index in [1.54, 1.807) is 0 Å². The number of ether oxygens (including phenoxy) is 1. The molecule has 2 heteroatoms. The van der Waals surface area contributed by atoms with Gasteiger partial charge < -0.3 is 4.74 Å². The highest BCUT2D eigenvalue weighted by Crippen LogP contribution is 2.36. The molecule has 2 aliphatic rings. The van der Waals surface area contributed by atoms with E-state index in [0.717, 1.165) is 37.5 Å². The molecule has 2 nitrogen and oxygen atoms in total. The summed E-state index contributed by atoms with van der Waals surface area (Å²) in [6, 6.07) is 0. The molecule has 0 bridgehead atoms. The second-order valence-electron chi connectivity index (χ2n) is 7.29. The Morgan fingerprint density at radius 2 is 1.37 bits per heavy atom. The fraction of sp³-hybridized carbons (Fsp3) is 0.941. The third kappa shape index (κ3) is 3.73. The van der Waals surface area contributed by atoms with Gasteiger partial charge in [-0.05, 0) is 62.2 Å². The van der Waals surface area contributed by atoms with E-state index in [-0.39, 0.29) is 18.0 Å². The maximum Gasteiger partial charge on any atom is 0.309 e. The predicted octanol–water partition coefficient (Wildman–Crippen LogP) is 4.43. The average Bonchev–Trinajstić information content (AvgIpc) is 2.37.